The third kappa shape index (κ3) is 2.52. The van der Waals surface area contributed by atoms with Gasteiger partial charge in [-0.3, -0.25) is 4.79 Å². The van der Waals surface area contributed by atoms with Gasteiger partial charge < -0.3 is 23.7 Å². The van der Waals surface area contributed by atoms with E-state index in [4.69, 9.17) is 23.7 Å². The van der Waals surface area contributed by atoms with Crippen LogP contribution in [0.3, 0.4) is 0 Å². The molecule has 0 radical (unpaired) electrons. The highest BCUT2D eigenvalue weighted by atomic mass is 16.7. The third-order valence-corrected chi connectivity index (χ3v) is 3.80. The van der Waals surface area contributed by atoms with Gasteiger partial charge in [0.15, 0.2) is 28.8 Å². The van der Waals surface area contributed by atoms with E-state index in [1.807, 2.05) is 6.07 Å². The van der Waals surface area contributed by atoms with Crippen LogP contribution in [0.4, 0.5) is 0 Å². The van der Waals surface area contributed by atoms with E-state index >= 15 is 0 Å². The van der Waals surface area contributed by atoms with Crippen LogP contribution in [0.15, 0.2) is 42.5 Å². The standard InChI is InChI=1S/C18H14O6/c1-20-16(12-3-5-15-18(7-12)24-10-22-15)8-13(19)11-2-4-14-17(6-11)23-9-21-14/h2-8H,9-10H2,1H3/b16-8-. The minimum absolute atomic E-state index is 0.170. The molecule has 4 rings (SSSR count). The first kappa shape index (κ1) is 14.4. The molecule has 0 aromatic heterocycles. The number of benzene rings is 2. The van der Waals surface area contributed by atoms with E-state index in [9.17, 15) is 4.79 Å². The maximum absolute atomic E-state index is 12.5. The molecule has 0 fully saturated rings. The van der Waals surface area contributed by atoms with Crippen molar-refractivity contribution in [3.63, 3.8) is 0 Å². The smallest absolute Gasteiger partial charge is 0.231 e. The van der Waals surface area contributed by atoms with Crippen LogP contribution in [0.1, 0.15) is 15.9 Å². The molecular weight excluding hydrogens is 312 g/mol. The van der Waals surface area contributed by atoms with Crippen LogP contribution >= 0.6 is 0 Å². The maximum Gasteiger partial charge on any atom is 0.231 e. The molecule has 122 valence electrons. The lowest BCUT2D eigenvalue weighted by Crippen LogP contribution is -1.98. The van der Waals surface area contributed by atoms with Crippen LogP contribution in [-0.4, -0.2) is 26.5 Å². The quantitative estimate of drug-likeness (QED) is 0.489. The largest absolute Gasteiger partial charge is 0.496 e. The summed E-state index contributed by atoms with van der Waals surface area (Å²) < 4.78 is 26.6. The van der Waals surface area contributed by atoms with Crippen LogP contribution in [0.5, 0.6) is 23.0 Å². The molecule has 0 amide bonds. The van der Waals surface area contributed by atoms with Gasteiger partial charge in [-0.05, 0) is 36.4 Å². The van der Waals surface area contributed by atoms with Gasteiger partial charge in [0.1, 0.15) is 5.76 Å². The molecule has 0 unspecified atom stereocenters. The number of allylic oxidation sites excluding steroid dienone is 1. The second-order valence-electron chi connectivity index (χ2n) is 5.21. The minimum Gasteiger partial charge on any atom is -0.496 e. The minimum atomic E-state index is -0.192. The Morgan fingerprint density at radius 1 is 0.875 bits per heavy atom. The molecule has 2 aromatic carbocycles. The molecule has 6 heteroatoms. The zero-order chi connectivity index (χ0) is 16.5. The van der Waals surface area contributed by atoms with Crippen molar-refractivity contribution in [2.24, 2.45) is 0 Å². The molecule has 0 N–H and O–H groups in total. The van der Waals surface area contributed by atoms with Crippen molar-refractivity contribution in [3.05, 3.63) is 53.6 Å². The number of ketones is 1. The van der Waals surface area contributed by atoms with Gasteiger partial charge in [0.2, 0.25) is 13.6 Å². The van der Waals surface area contributed by atoms with Gasteiger partial charge in [-0.2, -0.15) is 0 Å². The first-order chi connectivity index (χ1) is 11.7. The van der Waals surface area contributed by atoms with Crippen molar-refractivity contribution in [2.45, 2.75) is 0 Å². The number of methoxy groups -OCH3 is 1. The van der Waals surface area contributed by atoms with Crippen LogP contribution in [0.25, 0.3) is 5.76 Å². The fourth-order valence-corrected chi connectivity index (χ4v) is 2.56. The molecule has 0 bridgehead atoms. The second kappa shape index (κ2) is 5.81. The number of fused-ring (bicyclic) bond motifs is 2. The highest BCUT2D eigenvalue weighted by Crippen LogP contribution is 2.35. The molecule has 0 aliphatic carbocycles. The summed E-state index contributed by atoms with van der Waals surface area (Å²) in [5, 5.41) is 0. The SMILES string of the molecule is CO/C(=C\C(=O)c1ccc2c(c1)OCO2)c1ccc2c(c1)OCO2. The van der Waals surface area contributed by atoms with Gasteiger partial charge in [0, 0.05) is 17.2 Å². The van der Waals surface area contributed by atoms with E-state index in [-0.39, 0.29) is 19.4 Å². The van der Waals surface area contributed by atoms with Gasteiger partial charge in [-0.25, -0.2) is 0 Å². The van der Waals surface area contributed by atoms with E-state index in [0.717, 1.165) is 5.56 Å². The summed E-state index contributed by atoms with van der Waals surface area (Å²) in [6.07, 6.45) is 1.44. The topological polar surface area (TPSA) is 63.2 Å². The molecule has 0 spiro atoms. The molecule has 2 aliphatic rings. The second-order valence-corrected chi connectivity index (χ2v) is 5.21. The molecule has 0 atom stereocenters. The highest BCUT2D eigenvalue weighted by molar-refractivity contribution is 6.08. The first-order valence-electron chi connectivity index (χ1n) is 7.34. The zero-order valence-electron chi connectivity index (χ0n) is 12.9. The normalized spacial score (nSPS) is 14.6. The van der Waals surface area contributed by atoms with E-state index in [1.54, 1.807) is 30.3 Å². The summed E-state index contributed by atoms with van der Waals surface area (Å²) >= 11 is 0. The Morgan fingerprint density at radius 2 is 1.42 bits per heavy atom. The molecular formula is C18H14O6. The first-order valence-corrected chi connectivity index (χ1v) is 7.34. The van der Waals surface area contributed by atoms with Crippen LogP contribution in [-0.2, 0) is 4.74 Å². The van der Waals surface area contributed by atoms with E-state index < -0.39 is 0 Å². The lowest BCUT2D eigenvalue weighted by Gasteiger charge is -2.07. The number of hydrogen-bond acceptors (Lipinski definition) is 6. The number of carbonyl (C=O) groups is 1. The lowest BCUT2D eigenvalue weighted by atomic mass is 10.1. The van der Waals surface area contributed by atoms with E-state index in [0.29, 0.717) is 34.3 Å². The fourth-order valence-electron chi connectivity index (χ4n) is 2.56. The highest BCUT2D eigenvalue weighted by Gasteiger charge is 2.18. The van der Waals surface area contributed by atoms with Crippen LogP contribution in [0.2, 0.25) is 0 Å². The van der Waals surface area contributed by atoms with Gasteiger partial charge in [-0.15, -0.1) is 0 Å². The van der Waals surface area contributed by atoms with Crippen LogP contribution in [0, 0.1) is 0 Å². The Kier molecular flexibility index (Phi) is 3.49. The summed E-state index contributed by atoms with van der Waals surface area (Å²) in [7, 11) is 1.52. The van der Waals surface area contributed by atoms with Gasteiger partial charge in [0.05, 0.1) is 7.11 Å². The Hall–Kier alpha value is -3.15. The molecule has 2 heterocycles. The van der Waals surface area contributed by atoms with Gasteiger partial charge in [-0.1, -0.05) is 0 Å². The average molecular weight is 326 g/mol. The monoisotopic (exact) mass is 326 g/mol. The van der Waals surface area contributed by atoms with Gasteiger partial charge in [0.25, 0.3) is 0 Å². The summed E-state index contributed by atoms with van der Waals surface area (Å²) in [6.45, 7) is 0.365. The van der Waals surface area contributed by atoms with Crippen molar-refractivity contribution < 1.29 is 28.5 Å². The predicted octanol–water partition coefficient (Wildman–Crippen LogP) is 3.01. The molecule has 24 heavy (non-hydrogen) atoms. The average Bonchev–Trinajstić information content (AvgIpc) is 3.26. The number of rotatable bonds is 4. The summed E-state index contributed by atoms with van der Waals surface area (Å²) in [4.78, 5) is 12.5. The van der Waals surface area contributed by atoms with Crippen molar-refractivity contribution in [2.75, 3.05) is 20.7 Å². The molecule has 6 nitrogen and oxygen atoms in total. The number of ether oxygens (including phenoxy) is 5. The van der Waals surface area contributed by atoms with E-state index in [1.165, 1.54) is 13.2 Å². The van der Waals surface area contributed by atoms with Gasteiger partial charge >= 0.3 is 0 Å². The van der Waals surface area contributed by atoms with Crippen molar-refractivity contribution in [1.82, 2.24) is 0 Å². The fraction of sp³-hybridized carbons (Fsp3) is 0.167. The molecule has 2 aliphatic heterocycles. The van der Waals surface area contributed by atoms with Crippen molar-refractivity contribution in [1.29, 1.82) is 0 Å². The Balaban J connectivity index is 1.63. The molecule has 0 saturated carbocycles. The summed E-state index contributed by atoms with van der Waals surface area (Å²) in [5.74, 6) is 2.76. The maximum atomic E-state index is 12.5. The van der Waals surface area contributed by atoms with Crippen LogP contribution < -0.4 is 18.9 Å². The molecule has 0 saturated heterocycles. The third-order valence-electron chi connectivity index (χ3n) is 3.80. The Bertz CT molecular complexity index is 839. The number of carbonyl (C=O) groups excluding carboxylic acids is 1. The lowest BCUT2D eigenvalue weighted by molar-refractivity contribution is 0.104. The summed E-state index contributed by atoms with van der Waals surface area (Å²) in [5.41, 5.74) is 1.23. The Morgan fingerprint density at radius 3 is 2.04 bits per heavy atom. The number of hydrogen-bond donors (Lipinski definition) is 0. The summed E-state index contributed by atoms with van der Waals surface area (Å²) in [6, 6.07) is 10.5. The zero-order valence-corrected chi connectivity index (χ0v) is 12.9. The van der Waals surface area contributed by atoms with E-state index in [2.05, 4.69) is 0 Å². The van der Waals surface area contributed by atoms with Crippen molar-refractivity contribution >= 4 is 11.5 Å². The Labute approximate surface area is 138 Å². The predicted molar refractivity (Wildman–Crippen MR) is 84.4 cm³/mol. The van der Waals surface area contributed by atoms with Crippen molar-refractivity contribution in [3.8, 4) is 23.0 Å². The molecule has 2 aromatic rings.